The van der Waals surface area contributed by atoms with Crippen LogP contribution in [0.15, 0.2) is 72.9 Å². The van der Waals surface area contributed by atoms with Crippen LogP contribution >= 0.6 is 0 Å². The largest absolute Gasteiger partial charge is 0.477 e. The number of rotatable bonds is 39. The van der Waals surface area contributed by atoms with E-state index >= 15 is 0 Å². The molecular formula is C49H84NO7+. The molecule has 8 nitrogen and oxygen atoms in total. The molecule has 0 aliphatic rings. The Bertz CT molecular complexity index is 1160. The summed E-state index contributed by atoms with van der Waals surface area (Å²) in [5.41, 5.74) is 0. The Labute approximate surface area is 349 Å². The van der Waals surface area contributed by atoms with E-state index in [4.69, 9.17) is 14.2 Å². The predicted molar refractivity (Wildman–Crippen MR) is 238 cm³/mol. The summed E-state index contributed by atoms with van der Waals surface area (Å²) in [7, 11) is 5.51. The summed E-state index contributed by atoms with van der Waals surface area (Å²) in [5.74, 6) is -1.52. The number of carboxylic acids is 1. The highest BCUT2D eigenvalue weighted by Crippen LogP contribution is 2.13. The summed E-state index contributed by atoms with van der Waals surface area (Å²) in [6.07, 6.45) is 49.4. The molecular weight excluding hydrogens is 715 g/mol. The molecule has 2 unspecified atom stereocenters. The molecule has 0 radical (unpaired) electrons. The molecule has 0 saturated carbocycles. The Morgan fingerprint density at radius 1 is 0.544 bits per heavy atom. The first-order valence-corrected chi connectivity index (χ1v) is 22.5. The molecule has 57 heavy (non-hydrogen) atoms. The lowest BCUT2D eigenvalue weighted by atomic mass is 10.1. The monoisotopic (exact) mass is 799 g/mol. The minimum Gasteiger partial charge on any atom is -0.477 e. The van der Waals surface area contributed by atoms with E-state index in [1.165, 1.54) is 57.8 Å². The molecule has 0 aromatic carbocycles. The third-order valence-electron chi connectivity index (χ3n) is 9.71. The first kappa shape index (κ1) is 53.8. The van der Waals surface area contributed by atoms with Crippen LogP contribution in [0.5, 0.6) is 0 Å². The van der Waals surface area contributed by atoms with Crippen molar-refractivity contribution in [3.05, 3.63) is 72.9 Å². The maximum absolute atomic E-state index is 12.7. The van der Waals surface area contributed by atoms with E-state index in [9.17, 15) is 19.5 Å². The molecule has 8 heteroatoms. The van der Waals surface area contributed by atoms with Gasteiger partial charge in [0, 0.05) is 19.3 Å². The summed E-state index contributed by atoms with van der Waals surface area (Å²) < 4.78 is 17.3. The van der Waals surface area contributed by atoms with Crippen LogP contribution in [0.4, 0.5) is 0 Å². The van der Waals surface area contributed by atoms with Crippen LogP contribution in [0.1, 0.15) is 168 Å². The lowest BCUT2D eigenvalue weighted by molar-refractivity contribution is -0.887. The van der Waals surface area contributed by atoms with Gasteiger partial charge in [-0.2, -0.15) is 0 Å². The van der Waals surface area contributed by atoms with Gasteiger partial charge in [-0.05, 0) is 57.8 Å². The first-order chi connectivity index (χ1) is 27.6. The Morgan fingerprint density at radius 3 is 1.44 bits per heavy atom. The number of nitrogens with zero attached hydrogens (tertiary/aromatic N) is 1. The second kappa shape index (κ2) is 39.6. The van der Waals surface area contributed by atoms with Crippen LogP contribution in [0.25, 0.3) is 0 Å². The van der Waals surface area contributed by atoms with Gasteiger partial charge in [0.1, 0.15) is 6.61 Å². The number of esters is 2. The molecule has 0 rings (SSSR count). The van der Waals surface area contributed by atoms with Gasteiger partial charge < -0.3 is 23.8 Å². The Morgan fingerprint density at radius 2 is 0.982 bits per heavy atom. The molecule has 1 N–H and O–H groups in total. The van der Waals surface area contributed by atoms with Crippen LogP contribution in [0, 0.1) is 0 Å². The van der Waals surface area contributed by atoms with Crippen molar-refractivity contribution in [3.63, 3.8) is 0 Å². The zero-order chi connectivity index (χ0) is 42.1. The standard InChI is InChI=1S/C49H83NO7/c1-6-8-10-12-14-16-18-20-22-23-24-26-28-30-32-34-36-38-40-48(52)57-45(43-55-42-41-46(49(53)54)50(3,4)5)44-56-47(51)39-37-35-33-31-29-27-25-21-19-17-15-13-11-9-7-2/h9,11,13,15,17-20,22-24,26,45-46H,6-8,10,12,14,16,21,25,27-44H2,1-5H3/p+1/b11-9+,15-13+,19-17+,20-18+,23-22+,26-24+. The van der Waals surface area contributed by atoms with E-state index in [1.54, 1.807) is 0 Å². The summed E-state index contributed by atoms with van der Waals surface area (Å²) >= 11 is 0. The normalized spacial score (nSPS) is 13.6. The van der Waals surface area contributed by atoms with Crippen molar-refractivity contribution in [3.8, 4) is 0 Å². The zero-order valence-corrected chi connectivity index (χ0v) is 37.0. The maximum atomic E-state index is 12.7. The van der Waals surface area contributed by atoms with Gasteiger partial charge in [0.15, 0.2) is 12.1 Å². The third kappa shape index (κ3) is 38.1. The van der Waals surface area contributed by atoms with Crippen molar-refractivity contribution in [1.82, 2.24) is 0 Å². The fraction of sp³-hybridized carbons (Fsp3) is 0.694. The van der Waals surface area contributed by atoms with Crippen molar-refractivity contribution in [1.29, 1.82) is 0 Å². The average molecular weight is 799 g/mol. The Kier molecular flexibility index (Phi) is 37.3. The molecule has 0 fully saturated rings. The number of likely N-dealkylation sites (N-methyl/N-ethyl adjacent to an activating group) is 1. The quantitative estimate of drug-likeness (QED) is 0.0286. The van der Waals surface area contributed by atoms with Gasteiger partial charge >= 0.3 is 17.9 Å². The third-order valence-corrected chi connectivity index (χ3v) is 9.71. The Hall–Kier alpha value is -3.23. The number of hydrogen-bond acceptors (Lipinski definition) is 6. The van der Waals surface area contributed by atoms with Gasteiger partial charge in [0.2, 0.25) is 0 Å². The topological polar surface area (TPSA) is 99.1 Å². The smallest absolute Gasteiger partial charge is 0.362 e. The SMILES string of the molecule is CC/C=C/C=C/C=C/CCCCCCCCCC(=O)OCC(COCCC(C(=O)O)[N+](C)(C)C)OC(=O)CCCCCCC/C=C/C=C/C=C/CCCCCCC. The number of allylic oxidation sites excluding steroid dienone is 12. The summed E-state index contributed by atoms with van der Waals surface area (Å²) in [6, 6.07) is -0.624. The van der Waals surface area contributed by atoms with Crippen molar-refractivity contribution >= 4 is 17.9 Å². The van der Waals surface area contributed by atoms with Crippen LogP contribution in [0.3, 0.4) is 0 Å². The van der Waals surface area contributed by atoms with Gasteiger partial charge in [-0.15, -0.1) is 0 Å². The molecule has 2 atom stereocenters. The summed E-state index contributed by atoms with van der Waals surface area (Å²) in [6.45, 7) is 4.54. The number of quaternary nitrogens is 1. The number of hydrogen-bond donors (Lipinski definition) is 1. The minimum atomic E-state index is -0.883. The highest BCUT2D eigenvalue weighted by molar-refractivity contribution is 5.72. The average Bonchev–Trinajstić information content (AvgIpc) is 3.17. The molecule has 0 bridgehead atoms. The first-order valence-electron chi connectivity index (χ1n) is 22.5. The summed E-state index contributed by atoms with van der Waals surface area (Å²) in [5, 5.41) is 9.62. The van der Waals surface area contributed by atoms with E-state index < -0.39 is 18.1 Å². The van der Waals surface area contributed by atoms with Crippen molar-refractivity contribution in [2.24, 2.45) is 0 Å². The fourth-order valence-corrected chi connectivity index (χ4v) is 6.21. The molecule has 0 aliphatic carbocycles. The van der Waals surface area contributed by atoms with E-state index in [-0.39, 0.29) is 36.2 Å². The lowest BCUT2D eigenvalue weighted by Crippen LogP contribution is -2.50. The number of carbonyl (C=O) groups is 3. The maximum Gasteiger partial charge on any atom is 0.362 e. The van der Waals surface area contributed by atoms with E-state index in [2.05, 4.69) is 86.8 Å². The van der Waals surface area contributed by atoms with Gasteiger partial charge in [0.05, 0.1) is 34.4 Å². The number of aliphatic carboxylic acids is 1. The van der Waals surface area contributed by atoms with Crippen LogP contribution in [-0.2, 0) is 28.6 Å². The number of carbonyl (C=O) groups excluding carboxylic acids is 2. The highest BCUT2D eigenvalue weighted by Gasteiger charge is 2.31. The molecule has 0 heterocycles. The second-order valence-corrected chi connectivity index (χ2v) is 16.0. The number of ether oxygens (including phenoxy) is 3. The lowest BCUT2D eigenvalue weighted by Gasteiger charge is -2.31. The molecule has 326 valence electrons. The van der Waals surface area contributed by atoms with E-state index in [0.29, 0.717) is 19.3 Å². The predicted octanol–water partition coefficient (Wildman–Crippen LogP) is 12.4. The van der Waals surface area contributed by atoms with Crippen molar-refractivity contribution < 1.29 is 38.2 Å². The highest BCUT2D eigenvalue weighted by atomic mass is 16.6. The van der Waals surface area contributed by atoms with Gasteiger partial charge in [-0.3, -0.25) is 9.59 Å². The van der Waals surface area contributed by atoms with Crippen LogP contribution < -0.4 is 0 Å². The number of carboxylic acid groups (broad SMARTS) is 1. The second-order valence-electron chi connectivity index (χ2n) is 16.0. The number of unbranched alkanes of at least 4 members (excludes halogenated alkanes) is 17. The summed E-state index contributed by atoms with van der Waals surface area (Å²) in [4.78, 5) is 37.0. The minimum absolute atomic E-state index is 0.0451. The van der Waals surface area contributed by atoms with E-state index in [1.807, 2.05) is 21.1 Å². The molecule has 0 saturated heterocycles. The molecule has 0 amide bonds. The van der Waals surface area contributed by atoms with Crippen LogP contribution in [0.2, 0.25) is 0 Å². The van der Waals surface area contributed by atoms with Gasteiger partial charge in [0.25, 0.3) is 0 Å². The molecule has 0 spiro atoms. The van der Waals surface area contributed by atoms with Crippen LogP contribution in [-0.4, -0.2) is 80.6 Å². The Balaban J connectivity index is 4.41. The van der Waals surface area contributed by atoms with Gasteiger partial charge in [-0.1, -0.05) is 164 Å². The van der Waals surface area contributed by atoms with Crippen molar-refractivity contribution in [2.75, 3.05) is 41.0 Å². The van der Waals surface area contributed by atoms with Crippen molar-refractivity contribution in [2.45, 2.75) is 180 Å². The molecule has 0 aromatic rings. The zero-order valence-electron chi connectivity index (χ0n) is 37.0. The van der Waals surface area contributed by atoms with E-state index in [0.717, 1.165) is 77.0 Å². The molecule has 0 aliphatic heterocycles. The van der Waals surface area contributed by atoms with Gasteiger partial charge in [-0.25, -0.2) is 4.79 Å². The molecule has 0 aromatic heterocycles. The fourth-order valence-electron chi connectivity index (χ4n) is 6.21.